The predicted octanol–water partition coefficient (Wildman–Crippen LogP) is -0.104. The normalized spacial score (nSPS) is 17.3. The van der Waals surface area contributed by atoms with E-state index in [2.05, 4.69) is 0 Å². The van der Waals surface area contributed by atoms with Crippen LogP contribution in [0.1, 0.15) is 13.8 Å². The van der Waals surface area contributed by atoms with Gasteiger partial charge in [0, 0.05) is 18.7 Å². The van der Waals surface area contributed by atoms with E-state index < -0.39 is 0 Å². The minimum atomic E-state index is -0.244. The van der Waals surface area contributed by atoms with Crippen LogP contribution in [-0.4, -0.2) is 29.8 Å². The first-order valence-electron chi connectivity index (χ1n) is 4.20. The van der Waals surface area contributed by atoms with Crippen molar-refractivity contribution in [3.8, 4) is 0 Å². The Morgan fingerprint density at radius 2 is 1.77 bits per heavy atom. The third-order valence-electron chi connectivity index (χ3n) is 2.04. The lowest BCUT2D eigenvalue weighted by Crippen LogP contribution is -2.41. The fourth-order valence-electron chi connectivity index (χ4n) is 1.08. The molecule has 0 atom stereocenters. The highest BCUT2D eigenvalue weighted by Gasteiger charge is 2.29. The van der Waals surface area contributed by atoms with Crippen molar-refractivity contribution in [2.45, 2.75) is 13.8 Å². The first-order chi connectivity index (χ1) is 5.96. The van der Waals surface area contributed by atoms with Crippen molar-refractivity contribution in [1.29, 1.82) is 0 Å². The number of rotatable bonds is 3. The fourth-order valence-corrected chi connectivity index (χ4v) is 1.08. The van der Waals surface area contributed by atoms with Gasteiger partial charge in [-0.3, -0.25) is 14.5 Å². The van der Waals surface area contributed by atoms with Crippen LogP contribution in [0, 0.1) is 5.41 Å². The molecule has 0 aromatic heterocycles. The molecule has 0 spiro atoms. The molecule has 0 bridgehead atoms. The molecule has 0 saturated carbocycles. The van der Waals surface area contributed by atoms with Crippen molar-refractivity contribution >= 4 is 11.8 Å². The van der Waals surface area contributed by atoms with Crippen LogP contribution >= 0.6 is 0 Å². The maximum absolute atomic E-state index is 11.2. The summed E-state index contributed by atoms with van der Waals surface area (Å²) in [6.07, 6.45) is 2.57. The second-order valence-electron chi connectivity index (χ2n) is 3.96. The van der Waals surface area contributed by atoms with Crippen LogP contribution in [0.4, 0.5) is 0 Å². The van der Waals surface area contributed by atoms with Crippen molar-refractivity contribution in [2.75, 3.05) is 13.1 Å². The quantitative estimate of drug-likeness (QED) is 0.620. The van der Waals surface area contributed by atoms with Gasteiger partial charge < -0.3 is 5.73 Å². The van der Waals surface area contributed by atoms with Crippen LogP contribution in [0.2, 0.25) is 0 Å². The number of amides is 2. The monoisotopic (exact) mass is 182 g/mol. The largest absolute Gasteiger partial charge is 0.330 e. The predicted molar refractivity (Wildman–Crippen MR) is 48.7 cm³/mol. The Labute approximate surface area is 77.4 Å². The molecule has 0 aromatic carbocycles. The number of imide groups is 1. The van der Waals surface area contributed by atoms with E-state index in [-0.39, 0.29) is 17.2 Å². The van der Waals surface area contributed by atoms with E-state index in [4.69, 9.17) is 5.73 Å². The summed E-state index contributed by atoms with van der Waals surface area (Å²) in [6, 6.07) is 0. The van der Waals surface area contributed by atoms with Gasteiger partial charge in [0.15, 0.2) is 0 Å². The zero-order chi connectivity index (χ0) is 10.1. The summed E-state index contributed by atoms with van der Waals surface area (Å²) in [6.45, 7) is 4.68. The van der Waals surface area contributed by atoms with Gasteiger partial charge in [0.25, 0.3) is 11.8 Å². The zero-order valence-electron chi connectivity index (χ0n) is 7.91. The van der Waals surface area contributed by atoms with Crippen LogP contribution in [0.3, 0.4) is 0 Å². The SMILES string of the molecule is CC(C)(CN)CN1C(=O)C=CC1=O. The molecule has 13 heavy (non-hydrogen) atoms. The molecule has 0 unspecified atom stereocenters. The average Bonchev–Trinajstić information content (AvgIpc) is 2.36. The highest BCUT2D eigenvalue weighted by Crippen LogP contribution is 2.17. The molecule has 0 radical (unpaired) electrons. The van der Waals surface area contributed by atoms with Crippen molar-refractivity contribution < 1.29 is 9.59 Å². The van der Waals surface area contributed by atoms with Gasteiger partial charge >= 0.3 is 0 Å². The highest BCUT2D eigenvalue weighted by atomic mass is 16.2. The van der Waals surface area contributed by atoms with E-state index in [1.165, 1.54) is 17.1 Å². The smallest absolute Gasteiger partial charge is 0.253 e. The van der Waals surface area contributed by atoms with Gasteiger partial charge in [0.2, 0.25) is 0 Å². The molecule has 0 aromatic rings. The molecule has 0 fully saturated rings. The maximum Gasteiger partial charge on any atom is 0.253 e. The van der Waals surface area contributed by atoms with Crippen LogP contribution in [-0.2, 0) is 9.59 Å². The van der Waals surface area contributed by atoms with Crippen LogP contribution < -0.4 is 5.73 Å². The lowest BCUT2D eigenvalue weighted by atomic mass is 9.93. The number of carbonyl (C=O) groups is 2. The van der Waals surface area contributed by atoms with Crippen molar-refractivity contribution in [1.82, 2.24) is 4.90 Å². The number of nitrogens with two attached hydrogens (primary N) is 1. The molecule has 2 N–H and O–H groups in total. The molecular formula is C9H14N2O2. The number of nitrogens with zero attached hydrogens (tertiary/aromatic N) is 1. The van der Waals surface area contributed by atoms with Gasteiger partial charge in [0.1, 0.15) is 0 Å². The first kappa shape index (κ1) is 9.92. The Morgan fingerprint density at radius 3 is 2.15 bits per heavy atom. The second kappa shape index (κ2) is 3.30. The summed E-state index contributed by atoms with van der Waals surface area (Å²) in [5, 5.41) is 0. The average molecular weight is 182 g/mol. The number of hydrogen-bond acceptors (Lipinski definition) is 3. The minimum absolute atomic E-state index is 0.211. The van der Waals surface area contributed by atoms with Gasteiger partial charge in [-0.2, -0.15) is 0 Å². The Hall–Kier alpha value is -1.16. The lowest BCUT2D eigenvalue weighted by molar-refractivity contribution is -0.138. The van der Waals surface area contributed by atoms with Crippen LogP contribution in [0.25, 0.3) is 0 Å². The lowest BCUT2D eigenvalue weighted by Gasteiger charge is -2.27. The summed E-state index contributed by atoms with van der Waals surface area (Å²) in [7, 11) is 0. The third kappa shape index (κ3) is 2.15. The Kier molecular flexibility index (Phi) is 2.52. The molecule has 2 amide bonds. The second-order valence-corrected chi connectivity index (χ2v) is 3.96. The molecule has 4 nitrogen and oxygen atoms in total. The molecule has 1 aliphatic heterocycles. The fraction of sp³-hybridized carbons (Fsp3) is 0.556. The molecule has 1 aliphatic rings. The van der Waals surface area contributed by atoms with E-state index in [0.717, 1.165) is 0 Å². The van der Waals surface area contributed by atoms with Crippen molar-refractivity contribution in [3.05, 3.63) is 12.2 Å². The Bertz CT molecular complexity index is 251. The maximum atomic E-state index is 11.2. The number of carbonyl (C=O) groups excluding carboxylic acids is 2. The molecule has 1 heterocycles. The van der Waals surface area contributed by atoms with E-state index >= 15 is 0 Å². The summed E-state index contributed by atoms with van der Waals surface area (Å²) >= 11 is 0. The van der Waals surface area contributed by atoms with Crippen LogP contribution in [0.15, 0.2) is 12.2 Å². The van der Waals surface area contributed by atoms with Crippen molar-refractivity contribution in [2.24, 2.45) is 11.1 Å². The molecule has 0 saturated heterocycles. The molecule has 4 heteroatoms. The van der Waals surface area contributed by atoms with Gasteiger partial charge in [-0.25, -0.2) is 0 Å². The molecule has 1 rings (SSSR count). The molecule has 72 valence electrons. The summed E-state index contributed by atoms with van der Waals surface area (Å²) in [5.74, 6) is -0.488. The van der Waals surface area contributed by atoms with Gasteiger partial charge in [-0.05, 0) is 12.0 Å². The van der Waals surface area contributed by atoms with E-state index in [0.29, 0.717) is 13.1 Å². The van der Waals surface area contributed by atoms with E-state index in [9.17, 15) is 9.59 Å². The third-order valence-corrected chi connectivity index (χ3v) is 2.04. The van der Waals surface area contributed by atoms with Crippen LogP contribution in [0.5, 0.6) is 0 Å². The van der Waals surface area contributed by atoms with Crippen molar-refractivity contribution in [3.63, 3.8) is 0 Å². The summed E-state index contributed by atoms with van der Waals surface area (Å²) in [4.78, 5) is 23.5. The molecule has 0 aliphatic carbocycles. The van der Waals surface area contributed by atoms with Gasteiger partial charge in [0.05, 0.1) is 0 Å². The van der Waals surface area contributed by atoms with E-state index in [1.807, 2.05) is 13.8 Å². The number of hydrogen-bond donors (Lipinski definition) is 1. The Balaban J connectivity index is 2.65. The van der Waals surface area contributed by atoms with Gasteiger partial charge in [-0.1, -0.05) is 13.8 Å². The Morgan fingerprint density at radius 1 is 1.31 bits per heavy atom. The summed E-state index contributed by atoms with van der Waals surface area (Å²) < 4.78 is 0. The highest BCUT2D eigenvalue weighted by molar-refractivity contribution is 6.12. The first-order valence-corrected chi connectivity index (χ1v) is 4.20. The minimum Gasteiger partial charge on any atom is -0.330 e. The van der Waals surface area contributed by atoms with E-state index in [1.54, 1.807) is 0 Å². The van der Waals surface area contributed by atoms with Gasteiger partial charge in [-0.15, -0.1) is 0 Å². The zero-order valence-corrected chi connectivity index (χ0v) is 7.91. The topological polar surface area (TPSA) is 63.4 Å². The summed E-state index contributed by atoms with van der Waals surface area (Å²) in [5.41, 5.74) is 5.29. The molecular weight excluding hydrogens is 168 g/mol. The standard InChI is InChI=1S/C9H14N2O2/c1-9(2,5-10)6-11-7(12)3-4-8(11)13/h3-4H,5-6,10H2,1-2H3.